The summed E-state index contributed by atoms with van der Waals surface area (Å²) in [5.74, 6) is -0.442. The molecule has 1 aromatic heterocycles. The van der Waals surface area contributed by atoms with Gasteiger partial charge in [-0.3, -0.25) is 4.79 Å². The van der Waals surface area contributed by atoms with Gasteiger partial charge in [-0.2, -0.15) is 4.98 Å². The van der Waals surface area contributed by atoms with Gasteiger partial charge in [-0.15, -0.1) is 4.73 Å². The Morgan fingerprint density at radius 1 is 1.60 bits per heavy atom. The molecule has 0 aliphatic heterocycles. The van der Waals surface area contributed by atoms with Gasteiger partial charge in [0.05, 0.1) is 0 Å². The van der Waals surface area contributed by atoms with E-state index in [9.17, 15) is 4.79 Å². The van der Waals surface area contributed by atoms with Crippen LogP contribution in [0, 0.1) is 0 Å². The molecule has 0 aliphatic carbocycles. The molecule has 10 heavy (non-hydrogen) atoms. The molecule has 0 bridgehead atoms. The van der Waals surface area contributed by atoms with Gasteiger partial charge < -0.3 is 16.7 Å². The maximum atomic E-state index is 10.5. The molecule has 0 saturated heterocycles. The van der Waals surface area contributed by atoms with E-state index in [2.05, 4.69) is 4.98 Å². The lowest BCUT2D eigenvalue weighted by Gasteiger charge is -2.01. The molecule has 1 heterocycles. The predicted octanol–water partition coefficient (Wildman–Crippen LogP) is -1.36. The van der Waals surface area contributed by atoms with Crippen LogP contribution in [-0.2, 0) is 0 Å². The van der Waals surface area contributed by atoms with Gasteiger partial charge in [0.1, 0.15) is 5.82 Å². The maximum Gasteiger partial charge on any atom is 0.276 e. The average molecular weight is 142 g/mol. The van der Waals surface area contributed by atoms with Gasteiger partial charge in [-0.1, -0.05) is 0 Å². The highest BCUT2D eigenvalue weighted by atomic mass is 16.5. The first-order valence-corrected chi connectivity index (χ1v) is 2.45. The summed E-state index contributed by atoms with van der Waals surface area (Å²) in [5.41, 5.74) is 9.59. The first-order chi connectivity index (χ1) is 4.61. The zero-order valence-electron chi connectivity index (χ0n) is 4.98. The van der Waals surface area contributed by atoms with E-state index in [4.69, 9.17) is 16.7 Å². The normalized spacial score (nSPS) is 9.60. The Balaban J connectivity index is 3.46. The second-order valence-electron chi connectivity index (χ2n) is 1.69. The van der Waals surface area contributed by atoms with Gasteiger partial charge in [-0.05, 0) is 0 Å². The van der Waals surface area contributed by atoms with Crippen molar-refractivity contribution in [3.8, 4) is 0 Å². The number of nitrogens with two attached hydrogens (primary N) is 2. The van der Waals surface area contributed by atoms with E-state index >= 15 is 0 Å². The van der Waals surface area contributed by atoms with Crippen molar-refractivity contribution < 1.29 is 5.21 Å². The quantitative estimate of drug-likeness (QED) is 0.388. The Morgan fingerprint density at radius 3 is 2.70 bits per heavy atom. The van der Waals surface area contributed by atoms with Crippen LogP contribution in [0.3, 0.4) is 0 Å². The molecule has 6 nitrogen and oxygen atoms in total. The largest absolute Gasteiger partial charge is 0.424 e. The van der Waals surface area contributed by atoms with E-state index in [-0.39, 0.29) is 11.8 Å². The summed E-state index contributed by atoms with van der Waals surface area (Å²) in [4.78, 5) is 13.7. The lowest BCUT2D eigenvalue weighted by Crippen LogP contribution is -2.17. The standard InChI is InChI=1S/C4H6N4O2/c5-2-1-3(9)7-4(6)8(2)10/h1,10H,5H2,(H2,6,7,9). The van der Waals surface area contributed by atoms with Crippen molar-refractivity contribution in [2.45, 2.75) is 0 Å². The molecule has 54 valence electrons. The van der Waals surface area contributed by atoms with Crippen molar-refractivity contribution in [3.05, 3.63) is 16.4 Å². The smallest absolute Gasteiger partial charge is 0.276 e. The van der Waals surface area contributed by atoms with Gasteiger partial charge in [-0.25, -0.2) is 0 Å². The summed E-state index contributed by atoms with van der Waals surface area (Å²) >= 11 is 0. The number of rotatable bonds is 0. The maximum absolute atomic E-state index is 10.5. The van der Waals surface area contributed by atoms with Crippen molar-refractivity contribution in [2.24, 2.45) is 0 Å². The summed E-state index contributed by atoms with van der Waals surface area (Å²) in [6.07, 6.45) is 0. The van der Waals surface area contributed by atoms with E-state index in [1.54, 1.807) is 0 Å². The number of hydrogen-bond acceptors (Lipinski definition) is 5. The zero-order chi connectivity index (χ0) is 7.72. The summed E-state index contributed by atoms with van der Waals surface area (Å²) in [6, 6.07) is 0.969. The third-order valence-electron chi connectivity index (χ3n) is 0.958. The number of aromatic nitrogens is 2. The van der Waals surface area contributed by atoms with E-state index in [0.29, 0.717) is 4.73 Å². The van der Waals surface area contributed by atoms with E-state index < -0.39 is 5.56 Å². The van der Waals surface area contributed by atoms with Crippen LogP contribution in [-0.4, -0.2) is 14.9 Å². The number of nitrogen functional groups attached to an aromatic ring is 2. The fourth-order valence-corrected chi connectivity index (χ4v) is 0.512. The molecular weight excluding hydrogens is 136 g/mol. The first kappa shape index (κ1) is 6.40. The molecule has 0 atom stereocenters. The molecular formula is C4H6N4O2. The Kier molecular flexibility index (Phi) is 1.22. The van der Waals surface area contributed by atoms with Crippen molar-refractivity contribution in [1.29, 1.82) is 0 Å². The molecule has 0 radical (unpaired) electrons. The van der Waals surface area contributed by atoms with Gasteiger partial charge >= 0.3 is 0 Å². The summed E-state index contributed by atoms with van der Waals surface area (Å²) < 4.78 is 0.432. The lowest BCUT2D eigenvalue weighted by atomic mass is 10.6. The number of anilines is 2. The van der Waals surface area contributed by atoms with Crippen molar-refractivity contribution in [3.63, 3.8) is 0 Å². The van der Waals surface area contributed by atoms with E-state index in [0.717, 1.165) is 6.07 Å². The summed E-state index contributed by atoms with van der Waals surface area (Å²) in [6.45, 7) is 0. The molecule has 1 aromatic rings. The van der Waals surface area contributed by atoms with Gasteiger partial charge in [0.15, 0.2) is 0 Å². The van der Waals surface area contributed by atoms with Crippen LogP contribution in [0.1, 0.15) is 0 Å². The summed E-state index contributed by atoms with van der Waals surface area (Å²) in [5, 5.41) is 8.80. The van der Waals surface area contributed by atoms with Gasteiger partial charge in [0.25, 0.3) is 5.56 Å². The SMILES string of the molecule is Nc1cc(=O)nc(N)n1O. The van der Waals surface area contributed by atoms with Crippen LogP contribution < -0.4 is 17.0 Å². The van der Waals surface area contributed by atoms with E-state index in [1.165, 1.54) is 0 Å². The Bertz CT molecular complexity index is 278. The molecule has 0 aliphatic rings. The van der Waals surface area contributed by atoms with Gasteiger partial charge in [0.2, 0.25) is 5.95 Å². The monoisotopic (exact) mass is 142 g/mol. The molecule has 0 saturated carbocycles. The third-order valence-corrected chi connectivity index (χ3v) is 0.958. The average Bonchev–Trinajstić information content (AvgIpc) is 1.82. The molecule has 0 fully saturated rings. The highest BCUT2D eigenvalue weighted by Gasteiger charge is 1.99. The van der Waals surface area contributed by atoms with Crippen LogP contribution in [0.25, 0.3) is 0 Å². The van der Waals surface area contributed by atoms with Gasteiger partial charge in [0, 0.05) is 6.07 Å². The minimum Gasteiger partial charge on any atom is -0.424 e. The minimum atomic E-state index is -0.569. The molecule has 0 amide bonds. The van der Waals surface area contributed by atoms with Crippen LogP contribution in [0.5, 0.6) is 0 Å². The van der Waals surface area contributed by atoms with Crippen LogP contribution in [0.15, 0.2) is 10.9 Å². The lowest BCUT2D eigenvalue weighted by molar-refractivity contribution is 0.194. The molecule has 0 aromatic carbocycles. The Hall–Kier alpha value is -1.72. The second-order valence-corrected chi connectivity index (χ2v) is 1.69. The second kappa shape index (κ2) is 1.90. The molecule has 6 heteroatoms. The fraction of sp³-hybridized carbons (Fsp3) is 0. The van der Waals surface area contributed by atoms with Crippen LogP contribution in [0.2, 0.25) is 0 Å². The molecule has 0 spiro atoms. The summed E-state index contributed by atoms with van der Waals surface area (Å²) in [7, 11) is 0. The Morgan fingerprint density at radius 2 is 2.20 bits per heavy atom. The van der Waals surface area contributed by atoms with Crippen molar-refractivity contribution in [1.82, 2.24) is 9.71 Å². The molecule has 1 rings (SSSR count). The highest BCUT2D eigenvalue weighted by Crippen LogP contribution is 1.97. The first-order valence-electron chi connectivity index (χ1n) is 2.45. The van der Waals surface area contributed by atoms with Crippen molar-refractivity contribution in [2.75, 3.05) is 11.5 Å². The highest BCUT2D eigenvalue weighted by molar-refractivity contribution is 5.33. The van der Waals surface area contributed by atoms with E-state index in [1.807, 2.05) is 0 Å². The minimum absolute atomic E-state index is 0.127. The van der Waals surface area contributed by atoms with Crippen molar-refractivity contribution >= 4 is 11.8 Å². The Labute approximate surface area is 55.7 Å². The zero-order valence-corrected chi connectivity index (χ0v) is 4.98. The third kappa shape index (κ3) is 0.859. The van der Waals surface area contributed by atoms with Crippen LogP contribution >= 0.6 is 0 Å². The molecule has 5 N–H and O–H groups in total. The number of nitrogens with zero attached hydrogens (tertiary/aromatic N) is 2. The predicted molar refractivity (Wildman–Crippen MR) is 34.5 cm³/mol. The topological polar surface area (TPSA) is 107 Å². The van der Waals surface area contributed by atoms with Crippen LogP contribution in [0.4, 0.5) is 11.8 Å². The fourth-order valence-electron chi connectivity index (χ4n) is 0.512. The number of hydrogen-bond donors (Lipinski definition) is 3. The molecule has 0 unspecified atom stereocenters.